The standard InChI is InChI=1S/C13H22O5/c1-6-8-15-9-17-13(14)10(3)11(4)18-12(5)16-7-2/h6,11-12H,1,3,7-9H2,2,4-5H3. The number of hydrogen-bond donors (Lipinski definition) is 0. The van der Waals surface area contributed by atoms with Crippen LogP contribution >= 0.6 is 0 Å². The van der Waals surface area contributed by atoms with Gasteiger partial charge in [0.05, 0.1) is 18.3 Å². The highest BCUT2D eigenvalue weighted by atomic mass is 16.7. The number of hydrogen-bond acceptors (Lipinski definition) is 5. The Hall–Kier alpha value is -1.17. The highest BCUT2D eigenvalue weighted by molar-refractivity contribution is 5.88. The zero-order chi connectivity index (χ0) is 14.0. The summed E-state index contributed by atoms with van der Waals surface area (Å²) < 4.78 is 20.4. The van der Waals surface area contributed by atoms with Gasteiger partial charge in [-0.1, -0.05) is 12.7 Å². The molecule has 0 aliphatic carbocycles. The van der Waals surface area contributed by atoms with Crippen LogP contribution in [0.15, 0.2) is 24.8 Å². The molecule has 0 aromatic rings. The normalized spacial score (nSPS) is 13.7. The Morgan fingerprint density at radius 3 is 2.61 bits per heavy atom. The van der Waals surface area contributed by atoms with E-state index in [2.05, 4.69) is 13.2 Å². The summed E-state index contributed by atoms with van der Waals surface area (Å²) in [4.78, 5) is 11.5. The Balaban J connectivity index is 3.96. The van der Waals surface area contributed by atoms with Crippen LogP contribution < -0.4 is 0 Å². The number of carbonyl (C=O) groups excluding carboxylic acids is 1. The summed E-state index contributed by atoms with van der Waals surface area (Å²) in [6, 6.07) is 0. The van der Waals surface area contributed by atoms with E-state index < -0.39 is 18.4 Å². The molecular formula is C13H22O5. The highest BCUT2D eigenvalue weighted by Crippen LogP contribution is 2.09. The maximum atomic E-state index is 11.5. The van der Waals surface area contributed by atoms with Crippen LogP contribution in [0.4, 0.5) is 0 Å². The third-order valence-electron chi connectivity index (χ3n) is 2.06. The molecular weight excluding hydrogens is 236 g/mol. The predicted molar refractivity (Wildman–Crippen MR) is 67.9 cm³/mol. The van der Waals surface area contributed by atoms with E-state index in [4.69, 9.17) is 18.9 Å². The summed E-state index contributed by atoms with van der Waals surface area (Å²) in [6.07, 6.45) is 0.697. The van der Waals surface area contributed by atoms with Crippen LogP contribution in [-0.4, -0.2) is 38.4 Å². The van der Waals surface area contributed by atoms with E-state index in [-0.39, 0.29) is 12.4 Å². The van der Waals surface area contributed by atoms with Crippen molar-refractivity contribution in [2.75, 3.05) is 20.0 Å². The second kappa shape index (κ2) is 9.82. The number of carbonyl (C=O) groups is 1. The van der Waals surface area contributed by atoms with Gasteiger partial charge in [0, 0.05) is 6.61 Å². The third-order valence-corrected chi connectivity index (χ3v) is 2.06. The highest BCUT2D eigenvalue weighted by Gasteiger charge is 2.19. The molecule has 18 heavy (non-hydrogen) atoms. The molecule has 0 amide bonds. The fourth-order valence-electron chi connectivity index (χ4n) is 1.13. The van der Waals surface area contributed by atoms with Crippen molar-refractivity contribution in [3.63, 3.8) is 0 Å². The molecule has 0 bridgehead atoms. The van der Waals surface area contributed by atoms with Gasteiger partial charge in [-0.3, -0.25) is 0 Å². The molecule has 0 aromatic carbocycles. The Labute approximate surface area is 108 Å². The molecule has 2 atom stereocenters. The molecule has 0 aliphatic rings. The van der Waals surface area contributed by atoms with Crippen molar-refractivity contribution in [1.29, 1.82) is 0 Å². The predicted octanol–water partition coefficient (Wildman–Crippen LogP) is 2.03. The lowest BCUT2D eigenvalue weighted by atomic mass is 10.2. The van der Waals surface area contributed by atoms with E-state index in [0.717, 1.165) is 0 Å². The molecule has 2 unspecified atom stereocenters. The fourth-order valence-corrected chi connectivity index (χ4v) is 1.13. The zero-order valence-electron chi connectivity index (χ0n) is 11.3. The average Bonchev–Trinajstić information content (AvgIpc) is 2.33. The van der Waals surface area contributed by atoms with E-state index in [0.29, 0.717) is 13.2 Å². The van der Waals surface area contributed by atoms with Gasteiger partial charge in [-0.25, -0.2) is 4.79 Å². The van der Waals surface area contributed by atoms with E-state index >= 15 is 0 Å². The fraction of sp³-hybridized carbons (Fsp3) is 0.615. The largest absolute Gasteiger partial charge is 0.435 e. The molecule has 0 spiro atoms. The Morgan fingerprint density at radius 1 is 1.39 bits per heavy atom. The first kappa shape index (κ1) is 16.8. The minimum absolute atomic E-state index is 0.127. The minimum Gasteiger partial charge on any atom is -0.435 e. The zero-order valence-corrected chi connectivity index (χ0v) is 11.3. The van der Waals surface area contributed by atoms with Crippen LogP contribution in [0.3, 0.4) is 0 Å². The number of esters is 1. The molecule has 0 heterocycles. The average molecular weight is 258 g/mol. The van der Waals surface area contributed by atoms with Gasteiger partial charge < -0.3 is 18.9 Å². The first-order chi connectivity index (χ1) is 8.52. The van der Waals surface area contributed by atoms with Gasteiger partial charge in [-0.2, -0.15) is 0 Å². The molecule has 0 N–H and O–H groups in total. The topological polar surface area (TPSA) is 54.0 Å². The monoisotopic (exact) mass is 258 g/mol. The summed E-state index contributed by atoms with van der Waals surface area (Å²) in [5, 5.41) is 0. The van der Waals surface area contributed by atoms with Crippen LogP contribution in [0.5, 0.6) is 0 Å². The summed E-state index contributed by atoms with van der Waals surface area (Å²) in [5.74, 6) is -0.546. The van der Waals surface area contributed by atoms with E-state index in [9.17, 15) is 4.79 Å². The lowest BCUT2D eigenvalue weighted by Gasteiger charge is -2.19. The lowest BCUT2D eigenvalue weighted by Crippen LogP contribution is -2.25. The molecule has 0 saturated heterocycles. The van der Waals surface area contributed by atoms with Gasteiger partial charge in [0.2, 0.25) is 0 Å². The number of ether oxygens (including phenoxy) is 4. The van der Waals surface area contributed by atoms with Crippen LogP contribution in [0.2, 0.25) is 0 Å². The van der Waals surface area contributed by atoms with Gasteiger partial charge in [0.15, 0.2) is 13.1 Å². The van der Waals surface area contributed by atoms with Crippen LogP contribution in [0.25, 0.3) is 0 Å². The van der Waals surface area contributed by atoms with Crippen LogP contribution in [-0.2, 0) is 23.7 Å². The Bertz CT molecular complexity index is 275. The molecule has 0 aromatic heterocycles. The van der Waals surface area contributed by atoms with E-state index in [1.54, 1.807) is 19.9 Å². The summed E-state index contributed by atoms with van der Waals surface area (Å²) in [6.45, 7) is 13.2. The minimum atomic E-state index is -0.546. The van der Waals surface area contributed by atoms with Crippen molar-refractivity contribution < 1.29 is 23.7 Å². The molecule has 5 nitrogen and oxygen atoms in total. The molecule has 0 rings (SSSR count). The molecule has 0 saturated carbocycles. The summed E-state index contributed by atoms with van der Waals surface area (Å²) >= 11 is 0. The van der Waals surface area contributed by atoms with Gasteiger partial charge in [-0.05, 0) is 20.8 Å². The quantitative estimate of drug-likeness (QED) is 0.197. The maximum absolute atomic E-state index is 11.5. The van der Waals surface area contributed by atoms with Crippen molar-refractivity contribution in [3.8, 4) is 0 Å². The SMILES string of the molecule is C=CCOCOC(=O)C(=C)C(C)OC(C)OCC. The second-order valence-electron chi connectivity index (χ2n) is 3.54. The first-order valence-corrected chi connectivity index (χ1v) is 5.84. The smallest absolute Gasteiger partial charge is 0.338 e. The Morgan fingerprint density at radius 2 is 2.06 bits per heavy atom. The molecule has 104 valence electrons. The molecule has 0 radical (unpaired) electrons. The third kappa shape index (κ3) is 7.21. The summed E-state index contributed by atoms with van der Waals surface area (Å²) in [7, 11) is 0. The molecule has 0 fully saturated rings. The van der Waals surface area contributed by atoms with Crippen molar-refractivity contribution in [2.24, 2.45) is 0 Å². The van der Waals surface area contributed by atoms with Gasteiger partial charge in [0.1, 0.15) is 0 Å². The molecule has 0 aliphatic heterocycles. The first-order valence-electron chi connectivity index (χ1n) is 5.84. The van der Waals surface area contributed by atoms with E-state index in [1.165, 1.54) is 0 Å². The van der Waals surface area contributed by atoms with Crippen LogP contribution in [0, 0.1) is 0 Å². The van der Waals surface area contributed by atoms with Gasteiger partial charge in [-0.15, -0.1) is 6.58 Å². The van der Waals surface area contributed by atoms with Crippen molar-refractivity contribution in [3.05, 3.63) is 24.8 Å². The van der Waals surface area contributed by atoms with Crippen LogP contribution in [0.1, 0.15) is 20.8 Å². The lowest BCUT2D eigenvalue weighted by molar-refractivity contribution is -0.160. The van der Waals surface area contributed by atoms with Crippen molar-refractivity contribution in [1.82, 2.24) is 0 Å². The van der Waals surface area contributed by atoms with Crippen molar-refractivity contribution in [2.45, 2.75) is 33.2 Å². The van der Waals surface area contributed by atoms with E-state index in [1.807, 2.05) is 6.92 Å². The van der Waals surface area contributed by atoms with Crippen molar-refractivity contribution >= 4 is 5.97 Å². The maximum Gasteiger partial charge on any atom is 0.338 e. The Kier molecular flexibility index (Phi) is 9.18. The van der Waals surface area contributed by atoms with Gasteiger partial charge >= 0.3 is 5.97 Å². The van der Waals surface area contributed by atoms with Gasteiger partial charge in [0.25, 0.3) is 0 Å². The molecule has 5 heteroatoms. The summed E-state index contributed by atoms with van der Waals surface area (Å²) in [5.41, 5.74) is 0.226. The number of rotatable bonds is 10. The second-order valence-corrected chi connectivity index (χ2v) is 3.54.